The number of amides is 1. The third kappa shape index (κ3) is 4.92. The quantitative estimate of drug-likeness (QED) is 0.430. The summed E-state index contributed by atoms with van der Waals surface area (Å²) in [6, 6.07) is 11.3. The summed E-state index contributed by atoms with van der Waals surface area (Å²) in [4.78, 5) is 15.6. The lowest BCUT2D eigenvalue weighted by molar-refractivity contribution is 0.0454. The molecule has 7 nitrogen and oxygen atoms in total. The van der Waals surface area contributed by atoms with Crippen LogP contribution in [0.4, 0.5) is 5.69 Å². The molecule has 9 heteroatoms. The van der Waals surface area contributed by atoms with Gasteiger partial charge in [-0.1, -0.05) is 36.7 Å². The van der Waals surface area contributed by atoms with Crippen molar-refractivity contribution in [2.75, 3.05) is 24.6 Å². The van der Waals surface area contributed by atoms with Gasteiger partial charge in [0.1, 0.15) is 5.75 Å². The van der Waals surface area contributed by atoms with E-state index >= 15 is 0 Å². The number of nitrogens with zero attached hydrogens (tertiary/aromatic N) is 1. The Morgan fingerprint density at radius 1 is 1.12 bits per heavy atom. The van der Waals surface area contributed by atoms with Crippen LogP contribution in [0.3, 0.4) is 0 Å². The van der Waals surface area contributed by atoms with Crippen molar-refractivity contribution in [1.82, 2.24) is 4.72 Å². The van der Waals surface area contributed by atoms with Crippen LogP contribution < -0.4 is 14.4 Å². The van der Waals surface area contributed by atoms with Gasteiger partial charge in [0.25, 0.3) is 5.91 Å². The highest BCUT2D eigenvalue weighted by molar-refractivity contribution is 7.90. The highest BCUT2D eigenvalue weighted by atomic mass is 35.5. The lowest BCUT2D eigenvalue weighted by Crippen LogP contribution is -2.49. The lowest BCUT2D eigenvalue weighted by atomic mass is 9.68. The number of aryl methyl sites for hydroxylation is 1. The molecule has 2 bridgehead atoms. The molecule has 2 aromatic carbocycles. The number of anilines is 1. The Labute approximate surface area is 241 Å². The Morgan fingerprint density at radius 2 is 1.95 bits per heavy atom. The number of sulfonamides is 1. The predicted octanol–water partition coefficient (Wildman–Crippen LogP) is 4.85. The minimum Gasteiger partial charge on any atom is -0.490 e. The summed E-state index contributed by atoms with van der Waals surface area (Å²) in [7, 11) is -3.95. The van der Waals surface area contributed by atoms with Gasteiger partial charge in [0.05, 0.1) is 23.6 Å². The molecule has 0 saturated heterocycles. The van der Waals surface area contributed by atoms with Gasteiger partial charge in [0.2, 0.25) is 10.0 Å². The van der Waals surface area contributed by atoms with E-state index in [0.717, 1.165) is 42.8 Å². The number of allylic oxidation sites excluding steroid dienone is 1. The number of carbonyl (C=O) groups excluding carboxylic acids is 1. The fraction of sp³-hybridized carbons (Fsp3) is 0.516. The number of rotatable bonds is 0. The van der Waals surface area contributed by atoms with Gasteiger partial charge in [-0.2, -0.15) is 0 Å². The number of halogens is 1. The Balaban J connectivity index is 1.44. The number of aliphatic hydroxyl groups is 1. The molecule has 0 aromatic heterocycles. The normalized spacial score (nSPS) is 34.0. The molecule has 40 heavy (non-hydrogen) atoms. The van der Waals surface area contributed by atoms with Crippen LogP contribution in [0.25, 0.3) is 0 Å². The SMILES string of the molecule is C[C@@H]1[C@@H](C)/C=C\[C@H](O)[C@@H]2CC[C@H]2CN2C[C@@]3(CCCc4cc(Cl)ccc43)COc3ccc(cc32)C(=O)NS1(=O)=O. The zero-order chi connectivity index (χ0) is 28.2. The van der Waals surface area contributed by atoms with Crippen LogP contribution in [0.1, 0.15) is 61.0 Å². The molecule has 6 rings (SSSR count). The van der Waals surface area contributed by atoms with Crippen LogP contribution in [-0.4, -0.2) is 50.5 Å². The molecule has 1 saturated carbocycles. The van der Waals surface area contributed by atoms with Crippen molar-refractivity contribution in [1.29, 1.82) is 0 Å². The van der Waals surface area contributed by atoms with Crippen molar-refractivity contribution >= 4 is 33.2 Å². The average Bonchev–Trinajstić information content (AvgIpc) is 3.05. The van der Waals surface area contributed by atoms with E-state index in [4.69, 9.17) is 16.3 Å². The highest BCUT2D eigenvalue weighted by Gasteiger charge is 2.44. The van der Waals surface area contributed by atoms with Crippen molar-refractivity contribution in [3.8, 4) is 5.75 Å². The van der Waals surface area contributed by atoms with Crippen molar-refractivity contribution in [3.63, 3.8) is 0 Å². The summed E-state index contributed by atoms with van der Waals surface area (Å²) < 4.78 is 35.0. The van der Waals surface area contributed by atoms with Crippen molar-refractivity contribution in [3.05, 3.63) is 70.3 Å². The maximum Gasteiger partial charge on any atom is 0.264 e. The summed E-state index contributed by atoms with van der Waals surface area (Å²) >= 11 is 6.37. The third-order valence-electron chi connectivity index (χ3n) is 9.75. The monoisotopic (exact) mass is 584 g/mol. The van der Waals surface area contributed by atoms with Crippen molar-refractivity contribution < 1.29 is 23.1 Å². The van der Waals surface area contributed by atoms with E-state index in [1.165, 1.54) is 11.1 Å². The number of aliphatic hydroxyl groups excluding tert-OH is 1. The van der Waals surface area contributed by atoms with Gasteiger partial charge in [-0.15, -0.1) is 0 Å². The van der Waals surface area contributed by atoms with Crippen LogP contribution in [-0.2, 0) is 21.9 Å². The second kappa shape index (κ2) is 10.4. The van der Waals surface area contributed by atoms with Gasteiger partial charge in [-0.05, 0) is 98.2 Å². The van der Waals surface area contributed by atoms with Crippen LogP contribution in [0.5, 0.6) is 5.75 Å². The van der Waals surface area contributed by atoms with Gasteiger partial charge < -0.3 is 14.7 Å². The maximum absolute atomic E-state index is 13.2. The molecule has 1 fully saturated rings. The first kappa shape index (κ1) is 27.6. The number of fused-ring (bicyclic) bond motifs is 4. The van der Waals surface area contributed by atoms with E-state index in [-0.39, 0.29) is 28.7 Å². The number of nitrogens with one attached hydrogen (secondary N) is 1. The predicted molar refractivity (Wildman–Crippen MR) is 157 cm³/mol. The second-order valence-electron chi connectivity index (χ2n) is 12.2. The van der Waals surface area contributed by atoms with Crippen LogP contribution in [0.2, 0.25) is 5.02 Å². The zero-order valence-corrected chi connectivity index (χ0v) is 24.5. The number of carbonyl (C=O) groups is 1. The van der Waals surface area contributed by atoms with Gasteiger partial charge in [0, 0.05) is 29.1 Å². The summed E-state index contributed by atoms with van der Waals surface area (Å²) in [5.41, 5.74) is 3.32. The third-order valence-corrected chi connectivity index (χ3v) is 11.9. The van der Waals surface area contributed by atoms with E-state index in [1.807, 2.05) is 6.07 Å². The first-order chi connectivity index (χ1) is 19.1. The molecule has 2 aliphatic carbocycles. The first-order valence-corrected chi connectivity index (χ1v) is 16.2. The minimum atomic E-state index is -3.95. The molecule has 2 aliphatic heterocycles. The summed E-state index contributed by atoms with van der Waals surface area (Å²) in [5, 5.41) is 11.0. The Bertz CT molecular complexity index is 1460. The topological polar surface area (TPSA) is 95.9 Å². The largest absolute Gasteiger partial charge is 0.490 e. The average molecular weight is 585 g/mol. The standard InChI is InChI=1S/C31H37ClN2O5S/c1-19-5-11-28(35)25-9-6-23(25)16-34-17-31(13-3-4-21-14-24(32)8-10-26(21)31)18-39-29-12-7-22(15-27(29)34)30(36)33-40(37,38)20(19)2/h5,7-8,10-12,14-15,19-20,23,25,28,35H,3-4,6,9,13,16-18H2,1-2H3,(H,33,36)/b11-5-/t19-,20+,23-,25+,28-,31-/m0/s1. The van der Waals surface area contributed by atoms with Gasteiger partial charge in [-0.3, -0.25) is 4.79 Å². The minimum absolute atomic E-state index is 0.0875. The van der Waals surface area contributed by atoms with Crippen molar-refractivity contribution in [2.45, 2.75) is 62.7 Å². The Morgan fingerprint density at radius 3 is 2.73 bits per heavy atom. The van der Waals surface area contributed by atoms with Crippen LogP contribution >= 0.6 is 11.6 Å². The smallest absolute Gasteiger partial charge is 0.264 e. The summed E-state index contributed by atoms with van der Waals surface area (Å²) in [5.74, 6) is -0.00460. The number of ether oxygens (including phenoxy) is 1. The Kier molecular flexibility index (Phi) is 7.16. The molecule has 0 unspecified atom stereocenters. The molecule has 1 spiro atoms. The zero-order valence-electron chi connectivity index (χ0n) is 23.0. The highest BCUT2D eigenvalue weighted by Crippen LogP contribution is 2.46. The molecule has 6 atom stereocenters. The van der Waals surface area contributed by atoms with Gasteiger partial charge in [0.15, 0.2) is 0 Å². The van der Waals surface area contributed by atoms with Crippen LogP contribution in [0, 0.1) is 17.8 Å². The molecule has 2 aromatic rings. The van der Waals surface area contributed by atoms with E-state index in [0.29, 0.717) is 25.4 Å². The molecule has 2 N–H and O–H groups in total. The molecule has 0 radical (unpaired) electrons. The maximum atomic E-state index is 13.2. The molecule has 4 aliphatic rings. The van der Waals surface area contributed by atoms with E-state index in [2.05, 4.69) is 21.8 Å². The molecular weight excluding hydrogens is 548 g/mol. The number of hydrogen-bond acceptors (Lipinski definition) is 6. The first-order valence-electron chi connectivity index (χ1n) is 14.3. The number of benzene rings is 2. The number of hydrogen-bond donors (Lipinski definition) is 2. The van der Waals surface area contributed by atoms with Crippen molar-refractivity contribution in [2.24, 2.45) is 17.8 Å². The fourth-order valence-corrected chi connectivity index (χ4v) is 8.37. The molecule has 2 heterocycles. The molecule has 214 valence electrons. The molecular formula is C31H37ClN2O5S. The summed E-state index contributed by atoms with van der Waals surface area (Å²) in [6.45, 7) is 5.29. The summed E-state index contributed by atoms with van der Waals surface area (Å²) in [6.07, 6.45) is 7.75. The molecule has 1 amide bonds. The second-order valence-corrected chi connectivity index (χ2v) is 14.7. The Hall–Kier alpha value is -2.55. The van der Waals surface area contributed by atoms with E-state index in [1.54, 1.807) is 44.2 Å². The fourth-order valence-electron chi connectivity index (χ4n) is 6.96. The van der Waals surface area contributed by atoms with E-state index < -0.39 is 27.3 Å². The van der Waals surface area contributed by atoms with Gasteiger partial charge >= 0.3 is 0 Å². The van der Waals surface area contributed by atoms with Gasteiger partial charge in [-0.25, -0.2) is 13.1 Å². The van der Waals surface area contributed by atoms with E-state index in [9.17, 15) is 18.3 Å². The lowest BCUT2D eigenvalue weighted by Gasteiger charge is -2.45. The van der Waals surface area contributed by atoms with Crippen LogP contribution in [0.15, 0.2) is 48.6 Å².